The minimum Gasteiger partial charge on any atom is -0.354 e. The van der Waals surface area contributed by atoms with E-state index in [0.29, 0.717) is 13.0 Å². The van der Waals surface area contributed by atoms with Gasteiger partial charge in [-0.05, 0) is 44.2 Å². The standard InChI is InChI=1S/C15H22N2O.ClH/c1-11-4-5-12(2)13(8-11)9-14(18)17-10-15(16)6-3-7-15;/h4-5,8H,3,6-7,9-10,16H2,1-2H3,(H,17,18);1H. The number of aryl methyl sites for hydroxylation is 2. The number of rotatable bonds is 4. The maximum absolute atomic E-state index is 11.9. The number of hydrogen-bond acceptors (Lipinski definition) is 2. The molecule has 0 unspecified atom stereocenters. The highest BCUT2D eigenvalue weighted by molar-refractivity contribution is 5.85. The summed E-state index contributed by atoms with van der Waals surface area (Å²) in [6, 6.07) is 6.21. The lowest BCUT2D eigenvalue weighted by Gasteiger charge is -2.38. The molecule has 0 aromatic heterocycles. The second-order valence-corrected chi connectivity index (χ2v) is 5.60. The average Bonchev–Trinajstić information content (AvgIpc) is 2.29. The fraction of sp³-hybridized carbons (Fsp3) is 0.533. The van der Waals surface area contributed by atoms with E-state index in [1.54, 1.807) is 0 Å². The molecule has 0 saturated heterocycles. The Morgan fingerprint density at radius 3 is 2.63 bits per heavy atom. The van der Waals surface area contributed by atoms with E-state index in [2.05, 4.69) is 23.5 Å². The van der Waals surface area contributed by atoms with Crippen LogP contribution in [0.5, 0.6) is 0 Å². The maximum atomic E-state index is 11.9. The lowest BCUT2D eigenvalue weighted by molar-refractivity contribution is -0.120. The van der Waals surface area contributed by atoms with Crippen LogP contribution in [0.3, 0.4) is 0 Å². The van der Waals surface area contributed by atoms with E-state index in [0.717, 1.165) is 18.4 Å². The topological polar surface area (TPSA) is 55.1 Å². The summed E-state index contributed by atoms with van der Waals surface area (Å²) < 4.78 is 0. The molecule has 0 aliphatic heterocycles. The minimum atomic E-state index is -0.142. The highest BCUT2D eigenvalue weighted by Crippen LogP contribution is 2.28. The third-order valence-electron chi connectivity index (χ3n) is 3.84. The van der Waals surface area contributed by atoms with Gasteiger partial charge in [-0.1, -0.05) is 23.8 Å². The van der Waals surface area contributed by atoms with Gasteiger partial charge in [-0.3, -0.25) is 4.79 Å². The summed E-state index contributed by atoms with van der Waals surface area (Å²) in [5.41, 5.74) is 9.41. The van der Waals surface area contributed by atoms with Gasteiger partial charge in [-0.15, -0.1) is 12.4 Å². The molecule has 3 nitrogen and oxygen atoms in total. The number of nitrogens with one attached hydrogen (secondary N) is 1. The lowest BCUT2D eigenvalue weighted by Crippen LogP contribution is -2.55. The van der Waals surface area contributed by atoms with E-state index in [9.17, 15) is 4.79 Å². The van der Waals surface area contributed by atoms with Crippen LogP contribution in [0.15, 0.2) is 18.2 Å². The van der Waals surface area contributed by atoms with Crippen molar-refractivity contribution in [3.63, 3.8) is 0 Å². The predicted octanol–water partition coefficient (Wildman–Crippen LogP) is 2.27. The van der Waals surface area contributed by atoms with Crippen molar-refractivity contribution in [3.8, 4) is 0 Å². The van der Waals surface area contributed by atoms with Gasteiger partial charge in [0.15, 0.2) is 0 Å². The van der Waals surface area contributed by atoms with Gasteiger partial charge in [0.1, 0.15) is 0 Å². The first-order valence-corrected chi connectivity index (χ1v) is 6.60. The number of halogens is 1. The van der Waals surface area contributed by atoms with Crippen molar-refractivity contribution in [3.05, 3.63) is 34.9 Å². The smallest absolute Gasteiger partial charge is 0.224 e. The maximum Gasteiger partial charge on any atom is 0.224 e. The predicted molar refractivity (Wildman–Crippen MR) is 80.6 cm³/mol. The quantitative estimate of drug-likeness (QED) is 0.890. The Morgan fingerprint density at radius 1 is 1.37 bits per heavy atom. The van der Waals surface area contributed by atoms with Crippen molar-refractivity contribution in [1.82, 2.24) is 5.32 Å². The summed E-state index contributed by atoms with van der Waals surface area (Å²) in [7, 11) is 0. The van der Waals surface area contributed by atoms with Crippen LogP contribution < -0.4 is 11.1 Å². The van der Waals surface area contributed by atoms with Gasteiger partial charge >= 0.3 is 0 Å². The SMILES string of the molecule is Cc1ccc(C)c(CC(=O)NCC2(N)CCC2)c1.Cl. The zero-order chi connectivity index (χ0) is 13.2. The average molecular weight is 283 g/mol. The largest absolute Gasteiger partial charge is 0.354 e. The number of benzene rings is 1. The third-order valence-corrected chi connectivity index (χ3v) is 3.84. The van der Waals surface area contributed by atoms with Crippen molar-refractivity contribution < 1.29 is 4.79 Å². The molecule has 4 heteroatoms. The molecule has 0 atom stereocenters. The zero-order valence-corrected chi connectivity index (χ0v) is 12.5. The molecule has 2 rings (SSSR count). The van der Waals surface area contributed by atoms with Gasteiger partial charge in [0.2, 0.25) is 5.91 Å². The van der Waals surface area contributed by atoms with E-state index < -0.39 is 0 Å². The molecule has 1 saturated carbocycles. The van der Waals surface area contributed by atoms with Gasteiger partial charge in [-0.25, -0.2) is 0 Å². The molecule has 1 aromatic rings. The Kier molecular flexibility index (Phi) is 5.39. The Morgan fingerprint density at radius 2 is 2.05 bits per heavy atom. The Hall–Kier alpha value is -1.06. The third kappa shape index (κ3) is 4.22. The van der Waals surface area contributed by atoms with Crippen molar-refractivity contribution in [2.75, 3.05) is 6.54 Å². The summed E-state index contributed by atoms with van der Waals surface area (Å²) in [6.07, 6.45) is 3.68. The molecule has 1 fully saturated rings. The van der Waals surface area contributed by atoms with Gasteiger partial charge in [0, 0.05) is 12.1 Å². The first-order chi connectivity index (χ1) is 8.48. The molecular weight excluding hydrogens is 260 g/mol. The van der Waals surface area contributed by atoms with Crippen molar-refractivity contribution in [2.45, 2.75) is 45.1 Å². The summed E-state index contributed by atoms with van der Waals surface area (Å²) in [4.78, 5) is 11.9. The number of carbonyl (C=O) groups excluding carboxylic acids is 1. The molecule has 0 spiro atoms. The Balaban J connectivity index is 0.00000180. The van der Waals surface area contributed by atoms with Crippen LogP contribution in [-0.2, 0) is 11.2 Å². The minimum absolute atomic E-state index is 0. The van der Waals surface area contributed by atoms with Gasteiger partial charge < -0.3 is 11.1 Å². The van der Waals surface area contributed by atoms with Crippen LogP contribution >= 0.6 is 12.4 Å². The normalized spacial score (nSPS) is 16.2. The fourth-order valence-electron chi connectivity index (χ4n) is 2.31. The van der Waals surface area contributed by atoms with E-state index in [-0.39, 0.29) is 23.9 Å². The summed E-state index contributed by atoms with van der Waals surface area (Å²) in [5.74, 6) is 0.0698. The zero-order valence-electron chi connectivity index (χ0n) is 11.7. The fourth-order valence-corrected chi connectivity index (χ4v) is 2.31. The molecule has 1 aromatic carbocycles. The van der Waals surface area contributed by atoms with E-state index in [1.165, 1.54) is 17.5 Å². The van der Waals surface area contributed by atoms with E-state index in [4.69, 9.17) is 5.73 Å². The Labute approximate surface area is 121 Å². The molecule has 0 bridgehead atoms. The number of hydrogen-bond donors (Lipinski definition) is 2. The molecule has 0 heterocycles. The second kappa shape index (κ2) is 6.40. The summed E-state index contributed by atoms with van der Waals surface area (Å²) >= 11 is 0. The molecule has 106 valence electrons. The number of carbonyl (C=O) groups is 1. The van der Waals surface area contributed by atoms with Gasteiger partial charge in [-0.2, -0.15) is 0 Å². The summed E-state index contributed by atoms with van der Waals surface area (Å²) in [6.45, 7) is 4.69. The van der Waals surface area contributed by atoms with Gasteiger partial charge in [0.25, 0.3) is 0 Å². The van der Waals surface area contributed by atoms with Crippen LogP contribution in [-0.4, -0.2) is 18.0 Å². The van der Waals surface area contributed by atoms with Crippen molar-refractivity contribution in [2.24, 2.45) is 5.73 Å². The lowest BCUT2D eigenvalue weighted by atomic mass is 9.78. The molecule has 1 aliphatic carbocycles. The van der Waals surface area contributed by atoms with Crippen molar-refractivity contribution >= 4 is 18.3 Å². The number of nitrogens with two attached hydrogens (primary N) is 1. The molecule has 1 aliphatic rings. The van der Waals surface area contributed by atoms with E-state index in [1.807, 2.05) is 13.8 Å². The van der Waals surface area contributed by atoms with Crippen LogP contribution in [0.4, 0.5) is 0 Å². The van der Waals surface area contributed by atoms with Crippen LogP contribution in [0.1, 0.15) is 36.0 Å². The highest BCUT2D eigenvalue weighted by atomic mass is 35.5. The monoisotopic (exact) mass is 282 g/mol. The number of amides is 1. The Bertz CT molecular complexity index is 455. The van der Waals surface area contributed by atoms with Crippen molar-refractivity contribution in [1.29, 1.82) is 0 Å². The van der Waals surface area contributed by atoms with E-state index >= 15 is 0 Å². The molecule has 1 amide bonds. The first kappa shape index (κ1) is 16.0. The molecular formula is C15H23ClN2O. The molecule has 0 radical (unpaired) electrons. The second-order valence-electron chi connectivity index (χ2n) is 5.60. The van der Waals surface area contributed by atoms with Crippen LogP contribution in [0.25, 0.3) is 0 Å². The highest BCUT2D eigenvalue weighted by Gasteiger charge is 2.32. The molecule has 19 heavy (non-hydrogen) atoms. The van der Waals surface area contributed by atoms with Gasteiger partial charge in [0.05, 0.1) is 6.42 Å². The first-order valence-electron chi connectivity index (χ1n) is 6.60. The van der Waals surface area contributed by atoms with Crippen LogP contribution in [0, 0.1) is 13.8 Å². The summed E-state index contributed by atoms with van der Waals surface area (Å²) in [5, 5.41) is 2.96. The van der Waals surface area contributed by atoms with Crippen LogP contribution in [0.2, 0.25) is 0 Å². The molecule has 3 N–H and O–H groups in total.